The van der Waals surface area contributed by atoms with Crippen LogP contribution in [0.4, 0.5) is 10.6 Å². The van der Waals surface area contributed by atoms with E-state index in [0.29, 0.717) is 47.4 Å². The number of amides is 2. The largest absolute Gasteiger partial charge is 0.444 e. The predicted octanol–water partition coefficient (Wildman–Crippen LogP) is 5.60. The Morgan fingerprint density at radius 3 is 2.62 bits per heavy atom. The molecule has 0 aromatic carbocycles. The lowest BCUT2D eigenvalue weighted by Gasteiger charge is -2.33. The van der Waals surface area contributed by atoms with E-state index < -0.39 is 11.7 Å². The van der Waals surface area contributed by atoms with Gasteiger partial charge >= 0.3 is 6.09 Å². The highest BCUT2D eigenvalue weighted by Gasteiger charge is 2.31. The molecule has 2 aromatic heterocycles. The van der Waals surface area contributed by atoms with Crippen LogP contribution in [0.1, 0.15) is 46.1 Å². The molecule has 0 aliphatic carbocycles. The fraction of sp³-hybridized carbons (Fsp3) is 0.478. The minimum atomic E-state index is -0.581. The fourth-order valence-electron chi connectivity index (χ4n) is 3.68. The smallest absolute Gasteiger partial charge is 0.410 e. The van der Waals surface area contributed by atoms with Gasteiger partial charge in [0.05, 0.1) is 16.0 Å². The molecular formula is C23H28Cl2N4O3. The molecule has 7 nitrogen and oxygen atoms in total. The number of nitrogens with one attached hydrogen (secondary N) is 1. The van der Waals surface area contributed by atoms with Crippen molar-refractivity contribution < 1.29 is 14.3 Å². The molecule has 0 radical (unpaired) electrons. The Morgan fingerprint density at radius 1 is 1.19 bits per heavy atom. The zero-order valence-corrected chi connectivity index (χ0v) is 20.3. The number of pyridine rings is 2. The molecular weight excluding hydrogens is 451 g/mol. The summed E-state index contributed by atoms with van der Waals surface area (Å²) in [5.74, 6) is -0.166. The van der Waals surface area contributed by atoms with Crippen LogP contribution in [0.3, 0.4) is 0 Å². The molecule has 1 atom stereocenters. The van der Waals surface area contributed by atoms with Crippen molar-refractivity contribution in [1.29, 1.82) is 0 Å². The van der Waals surface area contributed by atoms with Crippen LogP contribution in [0.5, 0.6) is 0 Å². The van der Waals surface area contributed by atoms with Gasteiger partial charge in [-0.15, -0.1) is 0 Å². The standard InChI is InChI=1S/C23H28Cl2N4O3/c1-5-15-17(10-26-11-18(15)24)16-9-20(27-12-19(16)25)28-21(30)14-7-6-8-29(13-14)22(31)32-23(2,3)4/h9-12,14H,5-8,13H2,1-4H3,(H,27,28,30). The summed E-state index contributed by atoms with van der Waals surface area (Å²) >= 11 is 12.7. The third-order valence-electron chi connectivity index (χ3n) is 5.20. The number of hydrogen-bond acceptors (Lipinski definition) is 5. The number of aromatic nitrogens is 2. The number of ether oxygens (including phenoxy) is 1. The Kier molecular flexibility index (Phi) is 7.62. The van der Waals surface area contributed by atoms with Crippen molar-refractivity contribution in [2.45, 2.75) is 52.6 Å². The molecule has 32 heavy (non-hydrogen) atoms. The summed E-state index contributed by atoms with van der Waals surface area (Å²) in [6.07, 6.45) is 6.52. The van der Waals surface area contributed by atoms with Gasteiger partial charge in [0.25, 0.3) is 0 Å². The van der Waals surface area contributed by atoms with Gasteiger partial charge in [-0.1, -0.05) is 30.1 Å². The van der Waals surface area contributed by atoms with Crippen molar-refractivity contribution in [1.82, 2.24) is 14.9 Å². The van der Waals surface area contributed by atoms with Crippen molar-refractivity contribution in [3.63, 3.8) is 0 Å². The molecule has 1 aliphatic rings. The zero-order valence-electron chi connectivity index (χ0n) is 18.7. The van der Waals surface area contributed by atoms with Crippen molar-refractivity contribution in [3.8, 4) is 11.1 Å². The van der Waals surface area contributed by atoms with Crippen LogP contribution in [0.2, 0.25) is 10.0 Å². The maximum absolute atomic E-state index is 12.9. The van der Waals surface area contributed by atoms with Crippen LogP contribution in [0.15, 0.2) is 24.7 Å². The van der Waals surface area contributed by atoms with E-state index in [-0.39, 0.29) is 11.8 Å². The van der Waals surface area contributed by atoms with Crippen LogP contribution < -0.4 is 5.32 Å². The van der Waals surface area contributed by atoms with E-state index in [1.807, 2.05) is 27.7 Å². The van der Waals surface area contributed by atoms with Crippen molar-refractivity contribution in [2.75, 3.05) is 18.4 Å². The monoisotopic (exact) mass is 478 g/mol. The number of nitrogens with zero attached hydrogens (tertiary/aromatic N) is 3. The van der Waals surface area contributed by atoms with Gasteiger partial charge in [0.15, 0.2) is 0 Å². The van der Waals surface area contributed by atoms with Crippen molar-refractivity contribution in [3.05, 3.63) is 40.3 Å². The van der Waals surface area contributed by atoms with E-state index in [1.165, 1.54) is 6.20 Å². The predicted molar refractivity (Wildman–Crippen MR) is 126 cm³/mol. The van der Waals surface area contributed by atoms with Gasteiger partial charge in [0, 0.05) is 42.8 Å². The Morgan fingerprint density at radius 2 is 1.94 bits per heavy atom. The number of piperidine rings is 1. The molecule has 2 aromatic rings. The number of hydrogen-bond donors (Lipinski definition) is 1. The molecule has 1 fully saturated rings. The summed E-state index contributed by atoms with van der Waals surface area (Å²) in [4.78, 5) is 35.4. The summed E-state index contributed by atoms with van der Waals surface area (Å²) < 4.78 is 5.44. The van der Waals surface area contributed by atoms with Crippen molar-refractivity contribution >= 4 is 41.0 Å². The van der Waals surface area contributed by atoms with Crippen LogP contribution >= 0.6 is 23.2 Å². The minimum absolute atomic E-state index is 0.195. The van der Waals surface area contributed by atoms with E-state index in [4.69, 9.17) is 27.9 Å². The number of anilines is 1. The molecule has 2 amide bonds. The first-order valence-corrected chi connectivity index (χ1v) is 11.4. The zero-order chi connectivity index (χ0) is 23.5. The fourth-order valence-corrected chi connectivity index (χ4v) is 4.18. The first-order chi connectivity index (χ1) is 15.1. The quantitative estimate of drug-likeness (QED) is 0.617. The topological polar surface area (TPSA) is 84.4 Å². The minimum Gasteiger partial charge on any atom is -0.444 e. The van der Waals surface area contributed by atoms with Gasteiger partial charge < -0.3 is 15.0 Å². The summed E-state index contributed by atoms with van der Waals surface area (Å²) in [5.41, 5.74) is 1.84. The van der Waals surface area contributed by atoms with E-state index in [9.17, 15) is 9.59 Å². The van der Waals surface area contributed by atoms with Gasteiger partial charge in [0.2, 0.25) is 5.91 Å². The molecule has 0 spiro atoms. The van der Waals surface area contributed by atoms with E-state index in [2.05, 4.69) is 15.3 Å². The van der Waals surface area contributed by atoms with E-state index >= 15 is 0 Å². The molecule has 0 saturated carbocycles. The highest BCUT2D eigenvalue weighted by molar-refractivity contribution is 6.34. The Hall–Kier alpha value is -2.38. The molecule has 1 aliphatic heterocycles. The molecule has 3 rings (SSSR count). The lowest BCUT2D eigenvalue weighted by Crippen LogP contribution is -2.45. The SMILES string of the molecule is CCc1c(Cl)cncc1-c1cc(NC(=O)C2CCCN(C(=O)OC(C)(C)C)C2)ncc1Cl. The number of carbonyl (C=O) groups is 2. The number of carbonyl (C=O) groups excluding carboxylic acids is 2. The van der Waals surface area contributed by atoms with Gasteiger partial charge in [-0.2, -0.15) is 0 Å². The molecule has 1 unspecified atom stereocenters. The van der Waals surface area contributed by atoms with E-state index in [0.717, 1.165) is 17.5 Å². The van der Waals surface area contributed by atoms with Crippen LogP contribution in [-0.4, -0.2) is 45.6 Å². The van der Waals surface area contributed by atoms with Crippen LogP contribution in [0, 0.1) is 5.92 Å². The Bertz CT molecular complexity index is 1010. The molecule has 9 heteroatoms. The maximum Gasteiger partial charge on any atom is 0.410 e. The second-order valence-electron chi connectivity index (χ2n) is 8.81. The first kappa shape index (κ1) is 24.3. The summed E-state index contributed by atoms with van der Waals surface area (Å²) in [6, 6.07) is 1.72. The average Bonchev–Trinajstić information content (AvgIpc) is 2.74. The second-order valence-corrected chi connectivity index (χ2v) is 9.62. The molecule has 0 bridgehead atoms. The molecule has 1 saturated heterocycles. The van der Waals surface area contributed by atoms with Gasteiger partial charge in [0.1, 0.15) is 11.4 Å². The second kappa shape index (κ2) is 10.0. The van der Waals surface area contributed by atoms with Crippen LogP contribution in [-0.2, 0) is 16.0 Å². The van der Waals surface area contributed by atoms with Gasteiger partial charge in [-0.05, 0) is 51.7 Å². The molecule has 172 valence electrons. The number of rotatable bonds is 4. The highest BCUT2D eigenvalue weighted by atomic mass is 35.5. The van der Waals surface area contributed by atoms with Crippen LogP contribution in [0.25, 0.3) is 11.1 Å². The lowest BCUT2D eigenvalue weighted by atomic mass is 9.97. The van der Waals surface area contributed by atoms with Gasteiger partial charge in [-0.3, -0.25) is 9.78 Å². The highest BCUT2D eigenvalue weighted by Crippen LogP contribution is 2.34. The summed E-state index contributed by atoms with van der Waals surface area (Å²) in [6.45, 7) is 8.34. The third-order valence-corrected chi connectivity index (χ3v) is 5.83. The van der Waals surface area contributed by atoms with Crippen molar-refractivity contribution in [2.24, 2.45) is 5.92 Å². The average molecular weight is 479 g/mol. The Balaban J connectivity index is 1.75. The third kappa shape index (κ3) is 5.90. The first-order valence-electron chi connectivity index (χ1n) is 10.7. The number of halogens is 2. The van der Waals surface area contributed by atoms with E-state index in [1.54, 1.807) is 23.4 Å². The molecule has 3 heterocycles. The maximum atomic E-state index is 12.9. The Labute approximate surface area is 198 Å². The normalized spacial score (nSPS) is 16.6. The summed E-state index contributed by atoms with van der Waals surface area (Å²) in [7, 11) is 0. The number of likely N-dealkylation sites (tertiary alicyclic amines) is 1. The van der Waals surface area contributed by atoms with Gasteiger partial charge in [-0.25, -0.2) is 9.78 Å². The lowest BCUT2D eigenvalue weighted by molar-refractivity contribution is -0.121. The molecule has 1 N–H and O–H groups in total. The summed E-state index contributed by atoms with van der Waals surface area (Å²) in [5, 5.41) is 3.87.